The molecule has 1 aromatic carbocycles. The van der Waals surface area contributed by atoms with Crippen LogP contribution in [0, 0.1) is 0 Å². The Morgan fingerprint density at radius 3 is 2.31 bits per heavy atom. The first-order valence-corrected chi connectivity index (χ1v) is 9.35. The molecule has 0 aliphatic heterocycles. The summed E-state index contributed by atoms with van der Waals surface area (Å²) in [5, 5.41) is 13.8. The largest absolute Gasteiger partial charge is 0.391 e. The van der Waals surface area contributed by atoms with Gasteiger partial charge in [-0.2, -0.15) is 0 Å². The second-order valence-electron chi connectivity index (χ2n) is 4.51. The standard InChI is InChI=1S/C13H16OSSi/c1-16(2,11-7-4-3-5-8-11)13(14)12-9-6-10-15-12/h3-10,13-14H,1-2H3/t13-/m1/s1. The smallest absolute Gasteiger partial charge is 0.119 e. The second kappa shape index (κ2) is 4.53. The molecule has 0 unspecified atom stereocenters. The van der Waals surface area contributed by atoms with E-state index in [-0.39, 0.29) is 5.73 Å². The molecule has 0 aliphatic rings. The summed E-state index contributed by atoms with van der Waals surface area (Å²) in [7, 11) is -1.82. The summed E-state index contributed by atoms with van der Waals surface area (Å²) in [4.78, 5) is 1.08. The molecule has 2 aromatic rings. The van der Waals surface area contributed by atoms with E-state index in [1.54, 1.807) is 11.3 Å². The first-order chi connectivity index (χ1) is 7.62. The van der Waals surface area contributed by atoms with Gasteiger partial charge in [-0.15, -0.1) is 11.3 Å². The van der Waals surface area contributed by atoms with Crippen LogP contribution in [0.1, 0.15) is 10.6 Å². The van der Waals surface area contributed by atoms with Gasteiger partial charge >= 0.3 is 0 Å². The molecule has 1 heterocycles. The first-order valence-electron chi connectivity index (χ1n) is 5.39. The number of thiophene rings is 1. The highest BCUT2D eigenvalue weighted by molar-refractivity contribution is 7.11. The average Bonchev–Trinajstić information content (AvgIpc) is 2.82. The third-order valence-corrected chi connectivity index (χ3v) is 7.65. The summed E-state index contributed by atoms with van der Waals surface area (Å²) in [6, 6.07) is 14.4. The van der Waals surface area contributed by atoms with Crippen LogP contribution in [-0.4, -0.2) is 13.2 Å². The van der Waals surface area contributed by atoms with E-state index in [2.05, 4.69) is 25.2 Å². The van der Waals surface area contributed by atoms with E-state index in [0.717, 1.165) is 4.88 Å². The summed E-state index contributed by atoms with van der Waals surface area (Å²) < 4.78 is 0. The van der Waals surface area contributed by atoms with Gasteiger partial charge in [0.05, 0.1) is 5.73 Å². The number of benzene rings is 1. The highest BCUT2D eigenvalue weighted by atomic mass is 32.1. The van der Waals surface area contributed by atoms with Gasteiger partial charge in [0.25, 0.3) is 0 Å². The topological polar surface area (TPSA) is 20.2 Å². The molecule has 0 bridgehead atoms. The Hall–Kier alpha value is -0.903. The Bertz CT molecular complexity index is 436. The van der Waals surface area contributed by atoms with E-state index in [0.29, 0.717) is 0 Å². The molecule has 0 aliphatic carbocycles. The van der Waals surface area contributed by atoms with E-state index < -0.39 is 8.07 Å². The Balaban J connectivity index is 2.32. The molecule has 0 radical (unpaired) electrons. The van der Waals surface area contributed by atoms with Gasteiger partial charge in [0.2, 0.25) is 0 Å². The van der Waals surface area contributed by atoms with Crippen LogP contribution in [0.3, 0.4) is 0 Å². The molecule has 1 N–H and O–H groups in total. The highest BCUT2D eigenvalue weighted by Crippen LogP contribution is 2.27. The van der Waals surface area contributed by atoms with Gasteiger partial charge in [0.15, 0.2) is 0 Å². The third-order valence-electron chi connectivity index (χ3n) is 3.01. The van der Waals surface area contributed by atoms with E-state index in [1.807, 2.05) is 35.7 Å². The van der Waals surface area contributed by atoms with Crippen molar-refractivity contribution in [1.29, 1.82) is 0 Å². The molecule has 0 saturated carbocycles. The SMILES string of the molecule is C[Si](C)(c1ccccc1)[C@@H](O)c1cccs1. The van der Waals surface area contributed by atoms with Crippen molar-refractivity contribution in [1.82, 2.24) is 0 Å². The predicted octanol–water partition coefficient (Wildman–Crippen LogP) is 2.94. The fraction of sp³-hybridized carbons (Fsp3) is 0.231. The predicted molar refractivity (Wildman–Crippen MR) is 72.8 cm³/mol. The number of hydrogen-bond donors (Lipinski definition) is 1. The van der Waals surface area contributed by atoms with Gasteiger partial charge < -0.3 is 5.11 Å². The zero-order valence-corrected chi connectivity index (χ0v) is 11.4. The van der Waals surface area contributed by atoms with Crippen molar-refractivity contribution >= 4 is 24.6 Å². The average molecular weight is 248 g/mol. The van der Waals surface area contributed by atoms with Gasteiger partial charge in [-0.25, -0.2) is 0 Å². The van der Waals surface area contributed by atoms with Crippen LogP contribution in [0.4, 0.5) is 0 Å². The van der Waals surface area contributed by atoms with Crippen LogP contribution in [-0.2, 0) is 0 Å². The minimum absolute atomic E-state index is 0.310. The van der Waals surface area contributed by atoms with Gasteiger partial charge in [0, 0.05) is 4.88 Å². The lowest BCUT2D eigenvalue weighted by molar-refractivity contribution is 0.255. The molecule has 2 rings (SSSR count). The van der Waals surface area contributed by atoms with Crippen molar-refractivity contribution in [3.63, 3.8) is 0 Å². The Morgan fingerprint density at radius 1 is 1.06 bits per heavy atom. The van der Waals surface area contributed by atoms with E-state index in [1.165, 1.54) is 5.19 Å². The lowest BCUT2D eigenvalue weighted by Gasteiger charge is -2.28. The minimum atomic E-state index is -1.82. The summed E-state index contributed by atoms with van der Waals surface area (Å²) in [5.74, 6) is 0. The Labute approximate surface area is 101 Å². The number of hydrogen-bond acceptors (Lipinski definition) is 2. The molecule has 16 heavy (non-hydrogen) atoms. The van der Waals surface area contributed by atoms with Crippen molar-refractivity contribution in [2.45, 2.75) is 18.8 Å². The zero-order chi connectivity index (χ0) is 11.6. The van der Waals surface area contributed by atoms with Crippen molar-refractivity contribution in [3.8, 4) is 0 Å². The van der Waals surface area contributed by atoms with Crippen molar-refractivity contribution in [2.24, 2.45) is 0 Å². The zero-order valence-electron chi connectivity index (χ0n) is 9.55. The Morgan fingerprint density at radius 2 is 1.75 bits per heavy atom. The Kier molecular flexibility index (Phi) is 3.28. The molecule has 0 saturated heterocycles. The summed E-state index contributed by atoms with van der Waals surface area (Å²) in [5.41, 5.74) is -0.310. The van der Waals surface area contributed by atoms with Crippen LogP contribution >= 0.6 is 11.3 Å². The van der Waals surface area contributed by atoms with Gasteiger partial charge in [-0.05, 0) is 11.4 Å². The first kappa shape index (κ1) is 11.6. The van der Waals surface area contributed by atoms with Gasteiger partial charge in [0.1, 0.15) is 8.07 Å². The molecule has 0 fully saturated rings. The maximum atomic E-state index is 10.5. The lowest BCUT2D eigenvalue weighted by Crippen LogP contribution is -2.47. The normalized spacial score (nSPS) is 13.7. The van der Waals surface area contributed by atoms with Gasteiger partial charge in [-0.3, -0.25) is 0 Å². The molecule has 1 aromatic heterocycles. The van der Waals surface area contributed by atoms with E-state index in [9.17, 15) is 5.11 Å². The number of rotatable bonds is 3. The molecule has 3 heteroatoms. The third kappa shape index (κ3) is 2.12. The molecule has 84 valence electrons. The van der Waals surface area contributed by atoms with E-state index in [4.69, 9.17) is 0 Å². The maximum Gasteiger partial charge on any atom is 0.119 e. The molecule has 1 nitrogen and oxygen atoms in total. The van der Waals surface area contributed by atoms with Crippen molar-refractivity contribution in [2.75, 3.05) is 0 Å². The quantitative estimate of drug-likeness (QED) is 0.828. The molecule has 1 atom stereocenters. The number of aliphatic hydroxyl groups is 1. The van der Waals surface area contributed by atoms with Crippen molar-refractivity contribution < 1.29 is 5.11 Å². The van der Waals surface area contributed by atoms with Crippen LogP contribution in [0.5, 0.6) is 0 Å². The fourth-order valence-electron chi connectivity index (χ4n) is 1.83. The molecule has 0 amide bonds. The summed E-state index contributed by atoms with van der Waals surface area (Å²) >= 11 is 1.64. The summed E-state index contributed by atoms with van der Waals surface area (Å²) in [6.07, 6.45) is 0. The monoisotopic (exact) mass is 248 g/mol. The fourth-order valence-corrected chi connectivity index (χ4v) is 5.69. The summed E-state index contributed by atoms with van der Waals surface area (Å²) in [6.45, 7) is 4.43. The molecular weight excluding hydrogens is 232 g/mol. The van der Waals surface area contributed by atoms with Crippen LogP contribution in [0.2, 0.25) is 13.1 Å². The van der Waals surface area contributed by atoms with E-state index >= 15 is 0 Å². The number of aliphatic hydroxyl groups excluding tert-OH is 1. The molecule has 0 spiro atoms. The lowest BCUT2D eigenvalue weighted by atomic mass is 10.4. The maximum absolute atomic E-state index is 10.5. The van der Waals surface area contributed by atoms with Crippen molar-refractivity contribution in [3.05, 3.63) is 52.7 Å². The second-order valence-corrected chi connectivity index (χ2v) is 10.1. The van der Waals surface area contributed by atoms with Crippen LogP contribution in [0.25, 0.3) is 0 Å². The highest BCUT2D eigenvalue weighted by Gasteiger charge is 2.33. The van der Waals surface area contributed by atoms with Crippen LogP contribution in [0.15, 0.2) is 47.8 Å². The molecular formula is C13H16OSSi. The van der Waals surface area contributed by atoms with Crippen LogP contribution < -0.4 is 5.19 Å². The van der Waals surface area contributed by atoms with Gasteiger partial charge in [-0.1, -0.05) is 54.7 Å². The minimum Gasteiger partial charge on any atom is -0.391 e.